The van der Waals surface area contributed by atoms with Gasteiger partial charge in [0, 0.05) is 31.2 Å². The van der Waals surface area contributed by atoms with Crippen molar-refractivity contribution in [2.45, 2.75) is 69.6 Å². The van der Waals surface area contributed by atoms with Crippen molar-refractivity contribution < 1.29 is 0 Å². The summed E-state index contributed by atoms with van der Waals surface area (Å²) >= 11 is 0. The monoisotopic (exact) mass is 327 g/mol. The molecule has 3 heteroatoms. The van der Waals surface area contributed by atoms with Gasteiger partial charge in [0.2, 0.25) is 0 Å². The van der Waals surface area contributed by atoms with E-state index in [1.165, 1.54) is 76.7 Å². The molecule has 0 saturated carbocycles. The molecule has 3 fully saturated rings. The lowest BCUT2D eigenvalue weighted by atomic mass is 9.90. The number of nitrogens with one attached hydrogen (secondary N) is 1. The zero-order chi connectivity index (χ0) is 16.2. The van der Waals surface area contributed by atoms with Crippen LogP contribution in [0.2, 0.25) is 0 Å². The summed E-state index contributed by atoms with van der Waals surface area (Å²) in [5, 5.41) is 3.79. The van der Waals surface area contributed by atoms with E-state index >= 15 is 0 Å². The number of rotatable bonds is 4. The topological polar surface area (TPSA) is 18.5 Å². The number of benzene rings is 1. The van der Waals surface area contributed by atoms with Crippen molar-refractivity contribution in [3.05, 3.63) is 35.9 Å². The molecule has 3 heterocycles. The van der Waals surface area contributed by atoms with E-state index in [2.05, 4.69) is 45.4 Å². The van der Waals surface area contributed by atoms with Crippen molar-refractivity contribution in [1.82, 2.24) is 15.1 Å². The maximum absolute atomic E-state index is 3.79. The first-order valence-corrected chi connectivity index (χ1v) is 10.2. The van der Waals surface area contributed by atoms with E-state index in [9.17, 15) is 0 Å². The smallest absolute Gasteiger partial charge is 0.0252 e. The van der Waals surface area contributed by atoms with Crippen LogP contribution >= 0.6 is 0 Å². The van der Waals surface area contributed by atoms with Gasteiger partial charge < -0.3 is 5.32 Å². The molecule has 0 aliphatic carbocycles. The minimum absolute atomic E-state index is 0.759. The molecule has 0 radical (unpaired) electrons. The van der Waals surface area contributed by atoms with Crippen LogP contribution in [0.25, 0.3) is 0 Å². The highest BCUT2D eigenvalue weighted by molar-refractivity contribution is 5.14. The summed E-state index contributed by atoms with van der Waals surface area (Å²) in [4.78, 5) is 5.60. The maximum Gasteiger partial charge on any atom is 0.0252 e. The number of hydrogen-bond acceptors (Lipinski definition) is 3. The molecule has 1 aromatic rings. The molecule has 0 bridgehead atoms. The highest BCUT2D eigenvalue weighted by atomic mass is 15.3. The molecule has 1 aromatic carbocycles. The first kappa shape index (κ1) is 16.6. The Morgan fingerprint density at radius 2 is 1.83 bits per heavy atom. The van der Waals surface area contributed by atoms with Crippen LogP contribution in [0.1, 0.15) is 50.5 Å². The molecule has 4 rings (SSSR count). The van der Waals surface area contributed by atoms with Gasteiger partial charge in [0.1, 0.15) is 0 Å². The van der Waals surface area contributed by atoms with Gasteiger partial charge in [-0.1, -0.05) is 36.8 Å². The van der Waals surface area contributed by atoms with Gasteiger partial charge in [-0.2, -0.15) is 0 Å². The summed E-state index contributed by atoms with van der Waals surface area (Å²) < 4.78 is 0. The molecule has 3 aliphatic heterocycles. The summed E-state index contributed by atoms with van der Waals surface area (Å²) in [7, 11) is 0. The van der Waals surface area contributed by atoms with Gasteiger partial charge in [-0.05, 0) is 63.7 Å². The van der Waals surface area contributed by atoms with Crippen LogP contribution in [0.15, 0.2) is 30.3 Å². The van der Waals surface area contributed by atoms with Gasteiger partial charge in [0.05, 0.1) is 0 Å². The van der Waals surface area contributed by atoms with Crippen LogP contribution in [0, 0.1) is 0 Å². The van der Waals surface area contributed by atoms with Crippen molar-refractivity contribution in [3.8, 4) is 0 Å². The summed E-state index contributed by atoms with van der Waals surface area (Å²) in [6.45, 7) is 6.22. The minimum atomic E-state index is 0.759. The highest BCUT2D eigenvalue weighted by Gasteiger charge is 2.36. The summed E-state index contributed by atoms with van der Waals surface area (Å²) in [6.07, 6.45) is 9.76. The predicted molar refractivity (Wildman–Crippen MR) is 100 cm³/mol. The third kappa shape index (κ3) is 3.84. The van der Waals surface area contributed by atoms with E-state index in [0.717, 1.165) is 24.7 Å². The SMILES string of the molecule is c1ccc(CN2CCCC(N3CCCCC3C3CCCN3)C2)cc1. The lowest BCUT2D eigenvalue weighted by molar-refractivity contribution is 0.0277. The van der Waals surface area contributed by atoms with E-state index in [1.807, 2.05) is 0 Å². The Balaban J connectivity index is 1.40. The Hall–Kier alpha value is -0.900. The largest absolute Gasteiger partial charge is 0.312 e. The van der Waals surface area contributed by atoms with Crippen molar-refractivity contribution in [2.75, 3.05) is 26.2 Å². The van der Waals surface area contributed by atoms with Crippen molar-refractivity contribution in [1.29, 1.82) is 0 Å². The van der Waals surface area contributed by atoms with Crippen LogP contribution in [0.5, 0.6) is 0 Å². The molecule has 3 unspecified atom stereocenters. The molecule has 3 saturated heterocycles. The van der Waals surface area contributed by atoms with E-state index in [0.29, 0.717) is 0 Å². The van der Waals surface area contributed by atoms with Gasteiger partial charge >= 0.3 is 0 Å². The van der Waals surface area contributed by atoms with E-state index in [1.54, 1.807) is 0 Å². The molecule has 1 N–H and O–H groups in total. The molecule has 0 spiro atoms. The highest BCUT2D eigenvalue weighted by Crippen LogP contribution is 2.29. The number of nitrogens with zero attached hydrogens (tertiary/aromatic N) is 2. The lowest BCUT2D eigenvalue weighted by Gasteiger charge is -2.47. The Bertz CT molecular complexity index is 497. The van der Waals surface area contributed by atoms with Crippen LogP contribution in [-0.2, 0) is 6.54 Å². The third-order valence-corrected chi connectivity index (χ3v) is 6.35. The second kappa shape index (κ2) is 7.99. The minimum Gasteiger partial charge on any atom is -0.312 e. The third-order valence-electron chi connectivity index (χ3n) is 6.35. The second-order valence-electron chi connectivity index (χ2n) is 8.02. The Kier molecular flexibility index (Phi) is 5.51. The molecule has 3 aliphatic rings. The molecular formula is C21H33N3. The van der Waals surface area contributed by atoms with Gasteiger partial charge in [-0.25, -0.2) is 0 Å². The van der Waals surface area contributed by atoms with Crippen molar-refractivity contribution >= 4 is 0 Å². The fourth-order valence-electron chi connectivity index (χ4n) is 5.19. The Morgan fingerprint density at radius 3 is 2.67 bits per heavy atom. The molecule has 3 nitrogen and oxygen atoms in total. The number of likely N-dealkylation sites (tertiary alicyclic amines) is 2. The predicted octanol–water partition coefficient (Wildman–Crippen LogP) is 3.26. The van der Waals surface area contributed by atoms with E-state index in [-0.39, 0.29) is 0 Å². The van der Waals surface area contributed by atoms with Gasteiger partial charge in [-0.15, -0.1) is 0 Å². The number of hydrogen-bond donors (Lipinski definition) is 1. The summed E-state index contributed by atoms with van der Waals surface area (Å²) in [5.41, 5.74) is 1.46. The Morgan fingerprint density at radius 1 is 0.917 bits per heavy atom. The normalized spacial score (nSPS) is 32.9. The zero-order valence-electron chi connectivity index (χ0n) is 15.0. The molecule has 0 aromatic heterocycles. The van der Waals surface area contributed by atoms with Gasteiger partial charge in [0.25, 0.3) is 0 Å². The van der Waals surface area contributed by atoms with Gasteiger partial charge in [0.15, 0.2) is 0 Å². The van der Waals surface area contributed by atoms with Crippen LogP contribution < -0.4 is 5.32 Å². The molecule has 132 valence electrons. The first-order valence-electron chi connectivity index (χ1n) is 10.2. The van der Waals surface area contributed by atoms with Crippen LogP contribution in [0.4, 0.5) is 0 Å². The maximum atomic E-state index is 3.79. The fourth-order valence-corrected chi connectivity index (χ4v) is 5.19. The van der Waals surface area contributed by atoms with E-state index in [4.69, 9.17) is 0 Å². The number of piperidine rings is 2. The second-order valence-corrected chi connectivity index (χ2v) is 8.02. The molecule has 0 amide bonds. The molecule has 24 heavy (non-hydrogen) atoms. The molecular weight excluding hydrogens is 294 g/mol. The van der Waals surface area contributed by atoms with Crippen LogP contribution in [-0.4, -0.2) is 54.1 Å². The van der Waals surface area contributed by atoms with Crippen molar-refractivity contribution in [3.63, 3.8) is 0 Å². The van der Waals surface area contributed by atoms with Gasteiger partial charge in [-0.3, -0.25) is 9.80 Å². The zero-order valence-corrected chi connectivity index (χ0v) is 15.0. The fraction of sp³-hybridized carbons (Fsp3) is 0.714. The summed E-state index contributed by atoms with van der Waals surface area (Å²) in [6, 6.07) is 13.3. The van der Waals surface area contributed by atoms with E-state index < -0.39 is 0 Å². The average molecular weight is 328 g/mol. The summed E-state index contributed by atoms with van der Waals surface area (Å²) in [5.74, 6) is 0. The Labute approximate surface area is 147 Å². The van der Waals surface area contributed by atoms with Crippen molar-refractivity contribution in [2.24, 2.45) is 0 Å². The average Bonchev–Trinajstić information content (AvgIpc) is 3.17. The quantitative estimate of drug-likeness (QED) is 0.916. The molecule has 3 atom stereocenters. The first-order chi connectivity index (χ1) is 11.9. The standard InChI is InChI=1S/C21H33N3/c1-2-8-18(9-3-1)16-23-14-7-10-19(17-23)24-15-5-4-12-21(24)20-11-6-13-22-20/h1-3,8-9,19-22H,4-7,10-17H2. The van der Waals surface area contributed by atoms with Crippen LogP contribution in [0.3, 0.4) is 0 Å². The lowest BCUT2D eigenvalue weighted by Crippen LogP contribution is -2.58.